The largest absolute Gasteiger partial charge is 0.326 e. The SMILES string of the molecule is CCC(=O)Nc1ccc(C(=O)N/N=C/c2ccc3ccccc3c2)cc1. The van der Waals surface area contributed by atoms with Crippen LogP contribution in [0.25, 0.3) is 10.8 Å². The number of anilines is 1. The van der Waals surface area contributed by atoms with Gasteiger partial charge in [0.1, 0.15) is 0 Å². The van der Waals surface area contributed by atoms with Crippen LogP contribution >= 0.6 is 0 Å². The molecule has 2 amide bonds. The monoisotopic (exact) mass is 345 g/mol. The predicted molar refractivity (Wildman–Crippen MR) is 104 cm³/mol. The highest BCUT2D eigenvalue weighted by atomic mass is 16.2. The number of fused-ring (bicyclic) bond motifs is 1. The maximum Gasteiger partial charge on any atom is 0.271 e. The summed E-state index contributed by atoms with van der Waals surface area (Å²) in [6.45, 7) is 1.78. The van der Waals surface area contributed by atoms with E-state index in [1.54, 1.807) is 37.4 Å². The summed E-state index contributed by atoms with van der Waals surface area (Å²) in [6.07, 6.45) is 2.02. The molecule has 0 aromatic heterocycles. The van der Waals surface area contributed by atoms with Crippen molar-refractivity contribution in [2.45, 2.75) is 13.3 Å². The van der Waals surface area contributed by atoms with Crippen molar-refractivity contribution < 1.29 is 9.59 Å². The van der Waals surface area contributed by atoms with E-state index in [0.717, 1.165) is 16.3 Å². The van der Waals surface area contributed by atoms with E-state index in [0.29, 0.717) is 17.7 Å². The van der Waals surface area contributed by atoms with Gasteiger partial charge in [-0.25, -0.2) is 5.43 Å². The van der Waals surface area contributed by atoms with Crippen LogP contribution in [0, 0.1) is 0 Å². The minimum atomic E-state index is -0.310. The Morgan fingerprint density at radius 1 is 0.962 bits per heavy atom. The van der Waals surface area contributed by atoms with E-state index >= 15 is 0 Å². The summed E-state index contributed by atoms with van der Waals surface area (Å²) < 4.78 is 0. The molecule has 26 heavy (non-hydrogen) atoms. The second-order valence-corrected chi connectivity index (χ2v) is 5.78. The summed E-state index contributed by atoms with van der Waals surface area (Å²) in [5, 5.41) is 9.03. The summed E-state index contributed by atoms with van der Waals surface area (Å²) in [6, 6.07) is 20.7. The minimum absolute atomic E-state index is 0.0674. The molecule has 0 aliphatic carbocycles. The van der Waals surface area contributed by atoms with E-state index in [-0.39, 0.29) is 11.8 Å². The van der Waals surface area contributed by atoms with Crippen molar-refractivity contribution in [3.8, 4) is 0 Å². The zero-order valence-electron chi connectivity index (χ0n) is 14.4. The van der Waals surface area contributed by atoms with Gasteiger partial charge in [0.2, 0.25) is 5.91 Å². The third-order valence-electron chi connectivity index (χ3n) is 3.91. The standard InChI is InChI=1S/C21H19N3O2/c1-2-20(25)23-19-11-9-17(10-12-19)21(26)24-22-14-15-7-8-16-5-3-4-6-18(16)13-15/h3-14H,2H2,1H3,(H,23,25)(H,24,26)/b22-14+. The maximum absolute atomic E-state index is 12.1. The van der Waals surface area contributed by atoms with Crippen molar-refractivity contribution in [3.63, 3.8) is 0 Å². The molecule has 0 atom stereocenters. The molecule has 0 saturated carbocycles. The molecule has 3 aromatic rings. The minimum Gasteiger partial charge on any atom is -0.326 e. The number of carbonyl (C=O) groups excluding carboxylic acids is 2. The zero-order valence-corrected chi connectivity index (χ0v) is 14.4. The molecule has 3 aromatic carbocycles. The highest BCUT2D eigenvalue weighted by Gasteiger charge is 2.05. The van der Waals surface area contributed by atoms with Crippen molar-refractivity contribution in [3.05, 3.63) is 77.9 Å². The van der Waals surface area contributed by atoms with Crippen LogP contribution in [-0.2, 0) is 4.79 Å². The van der Waals surface area contributed by atoms with Crippen LogP contribution in [0.5, 0.6) is 0 Å². The van der Waals surface area contributed by atoms with Gasteiger partial charge in [-0.15, -0.1) is 0 Å². The summed E-state index contributed by atoms with van der Waals surface area (Å²) in [4.78, 5) is 23.5. The van der Waals surface area contributed by atoms with Crippen molar-refractivity contribution in [1.29, 1.82) is 0 Å². The lowest BCUT2D eigenvalue weighted by atomic mass is 10.1. The van der Waals surface area contributed by atoms with E-state index in [9.17, 15) is 9.59 Å². The maximum atomic E-state index is 12.1. The van der Waals surface area contributed by atoms with Gasteiger partial charge in [-0.2, -0.15) is 5.10 Å². The van der Waals surface area contributed by atoms with Crippen LogP contribution in [0.2, 0.25) is 0 Å². The van der Waals surface area contributed by atoms with E-state index in [1.807, 2.05) is 42.5 Å². The number of amides is 2. The number of nitrogens with one attached hydrogen (secondary N) is 2. The van der Waals surface area contributed by atoms with Crippen molar-refractivity contribution in [2.75, 3.05) is 5.32 Å². The Morgan fingerprint density at radius 3 is 2.42 bits per heavy atom. The molecule has 0 fully saturated rings. The lowest BCUT2D eigenvalue weighted by Crippen LogP contribution is -2.17. The highest BCUT2D eigenvalue weighted by molar-refractivity contribution is 5.96. The Hall–Kier alpha value is -3.47. The van der Waals surface area contributed by atoms with Gasteiger partial charge in [0, 0.05) is 17.7 Å². The Balaban J connectivity index is 1.62. The number of carbonyl (C=O) groups is 2. The van der Waals surface area contributed by atoms with Gasteiger partial charge in [0.05, 0.1) is 6.21 Å². The normalized spacial score (nSPS) is 10.8. The summed E-state index contributed by atoms with van der Waals surface area (Å²) in [5.74, 6) is -0.377. The van der Waals surface area contributed by atoms with Crippen LogP contribution in [0.4, 0.5) is 5.69 Å². The van der Waals surface area contributed by atoms with Gasteiger partial charge in [-0.05, 0) is 46.7 Å². The van der Waals surface area contributed by atoms with E-state index in [4.69, 9.17) is 0 Å². The molecule has 0 heterocycles. The van der Waals surface area contributed by atoms with Crippen LogP contribution < -0.4 is 10.7 Å². The number of rotatable bonds is 5. The molecule has 0 aliphatic heterocycles. The van der Waals surface area contributed by atoms with Gasteiger partial charge in [0.25, 0.3) is 5.91 Å². The average molecular weight is 345 g/mol. The van der Waals surface area contributed by atoms with Gasteiger partial charge < -0.3 is 5.32 Å². The molecule has 130 valence electrons. The molecular formula is C21H19N3O2. The topological polar surface area (TPSA) is 70.6 Å². The Bertz CT molecular complexity index is 962. The Kier molecular flexibility index (Phi) is 5.39. The molecular weight excluding hydrogens is 326 g/mol. The lowest BCUT2D eigenvalue weighted by molar-refractivity contribution is -0.115. The predicted octanol–water partition coefficient (Wildman–Crippen LogP) is 3.95. The zero-order chi connectivity index (χ0) is 18.4. The van der Waals surface area contributed by atoms with Crippen LogP contribution in [0.3, 0.4) is 0 Å². The van der Waals surface area contributed by atoms with E-state index in [1.165, 1.54) is 0 Å². The first kappa shape index (κ1) is 17.4. The van der Waals surface area contributed by atoms with Gasteiger partial charge in [0.15, 0.2) is 0 Å². The van der Waals surface area contributed by atoms with Crippen LogP contribution in [0.15, 0.2) is 71.8 Å². The first-order chi connectivity index (χ1) is 12.7. The van der Waals surface area contributed by atoms with Gasteiger partial charge in [-0.1, -0.05) is 43.3 Å². The van der Waals surface area contributed by atoms with Crippen molar-refractivity contribution in [1.82, 2.24) is 5.43 Å². The third-order valence-corrected chi connectivity index (χ3v) is 3.91. The number of hydrogen-bond acceptors (Lipinski definition) is 3. The molecule has 0 radical (unpaired) electrons. The highest BCUT2D eigenvalue weighted by Crippen LogP contribution is 2.14. The Labute approximate surface area is 151 Å². The quantitative estimate of drug-likeness (QED) is 0.543. The first-order valence-electron chi connectivity index (χ1n) is 8.38. The molecule has 0 unspecified atom stereocenters. The van der Waals surface area contributed by atoms with Gasteiger partial charge >= 0.3 is 0 Å². The van der Waals surface area contributed by atoms with Gasteiger partial charge in [-0.3, -0.25) is 9.59 Å². The Morgan fingerprint density at radius 2 is 1.69 bits per heavy atom. The second-order valence-electron chi connectivity index (χ2n) is 5.78. The molecule has 3 rings (SSSR count). The lowest BCUT2D eigenvalue weighted by Gasteiger charge is -2.04. The molecule has 5 nitrogen and oxygen atoms in total. The van der Waals surface area contributed by atoms with E-state index in [2.05, 4.69) is 15.8 Å². The fourth-order valence-electron chi connectivity index (χ4n) is 2.47. The molecule has 2 N–H and O–H groups in total. The summed E-state index contributed by atoms with van der Waals surface area (Å²) >= 11 is 0. The fraction of sp³-hybridized carbons (Fsp3) is 0.0952. The van der Waals surface area contributed by atoms with Crippen molar-refractivity contribution >= 4 is 34.5 Å². The first-order valence-corrected chi connectivity index (χ1v) is 8.38. The van der Waals surface area contributed by atoms with Crippen LogP contribution in [0.1, 0.15) is 29.3 Å². The number of nitrogens with zero attached hydrogens (tertiary/aromatic N) is 1. The third kappa shape index (κ3) is 4.33. The van der Waals surface area contributed by atoms with E-state index < -0.39 is 0 Å². The van der Waals surface area contributed by atoms with Crippen LogP contribution in [-0.4, -0.2) is 18.0 Å². The molecule has 0 bridgehead atoms. The molecule has 5 heteroatoms. The molecule has 0 spiro atoms. The summed E-state index contributed by atoms with van der Waals surface area (Å²) in [5.41, 5.74) is 4.54. The smallest absolute Gasteiger partial charge is 0.271 e. The second kappa shape index (κ2) is 8.07. The van der Waals surface area contributed by atoms with Crippen molar-refractivity contribution in [2.24, 2.45) is 5.10 Å². The summed E-state index contributed by atoms with van der Waals surface area (Å²) in [7, 11) is 0. The fourth-order valence-corrected chi connectivity index (χ4v) is 2.47. The molecule has 0 aliphatic rings. The average Bonchev–Trinajstić information content (AvgIpc) is 2.68. The number of hydrazone groups is 1. The number of hydrogen-bond donors (Lipinski definition) is 2. The number of benzene rings is 3. The molecule has 0 saturated heterocycles.